The fraction of sp³-hybridized carbons (Fsp3) is 0.190. The summed E-state index contributed by atoms with van der Waals surface area (Å²) in [4.78, 5) is 28.9. The maximum atomic E-state index is 13.0. The van der Waals surface area contributed by atoms with Gasteiger partial charge in [0.1, 0.15) is 11.5 Å². The van der Waals surface area contributed by atoms with Crippen molar-refractivity contribution in [2.24, 2.45) is 0 Å². The third-order valence-electron chi connectivity index (χ3n) is 4.49. The Kier molecular flexibility index (Phi) is 5.26. The van der Waals surface area contributed by atoms with Crippen LogP contribution in [0.25, 0.3) is 5.69 Å². The van der Waals surface area contributed by atoms with Crippen molar-refractivity contribution in [2.45, 2.75) is 17.3 Å². The fourth-order valence-corrected chi connectivity index (χ4v) is 3.98. The maximum Gasteiger partial charge on any atom is 0.262 e. The van der Waals surface area contributed by atoms with Gasteiger partial charge in [0.05, 0.1) is 23.7 Å². The van der Waals surface area contributed by atoms with Crippen LogP contribution in [0, 0.1) is 0 Å². The number of carbonyl (C=O) groups is 2. The first-order chi connectivity index (χ1) is 14.0. The molecule has 29 heavy (non-hydrogen) atoms. The molecule has 1 unspecified atom stereocenters. The van der Waals surface area contributed by atoms with E-state index in [-0.39, 0.29) is 23.5 Å². The summed E-state index contributed by atoms with van der Waals surface area (Å²) in [6, 6.07) is 12.7. The van der Waals surface area contributed by atoms with Gasteiger partial charge in [0.25, 0.3) is 5.91 Å². The average Bonchev–Trinajstić information content (AvgIpc) is 3.20. The number of Topliss-reactive ketones (excluding diaryl/α,β-unsaturated/α-hetero) is 1. The van der Waals surface area contributed by atoms with E-state index in [1.807, 2.05) is 42.0 Å². The molecule has 1 N–H and O–H groups in total. The van der Waals surface area contributed by atoms with Crippen molar-refractivity contribution in [1.82, 2.24) is 9.55 Å². The van der Waals surface area contributed by atoms with E-state index in [1.165, 1.54) is 11.8 Å². The Hall–Kier alpha value is -3.26. The van der Waals surface area contributed by atoms with Crippen LogP contribution in [0.2, 0.25) is 0 Å². The second-order valence-electron chi connectivity index (χ2n) is 6.45. The van der Waals surface area contributed by atoms with Gasteiger partial charge >= 0.3 is 0 Å². The molecule has 0 bridgehead atoms. The minimum atomic E-state index is -0.375. The maximum absolute atomic E-state index is 13.0. The van der Waals surface area contributed by atoms with Crippen LogP contribution in [0.5, 0.6) is 11.5 Å². The summed E-state index contributed by atoms with van der Waals surface area (Å²) >= 11 is 1.37. The van der Waals surface area contributed by atoms with Crippen LogP contribution < -0.4 is 14.8 Å². The smallest absolute Gasteiger partial charge is 0.262 e. The quantitative estimate of drug-likeness (QED) is 0.495. The molecule has 0 saturated carbocycles. The SMILES string of the molecule is COc1cccc(-n2ccnc2SC(C)C(=O)c2ccc3c(c2)NC(=O)CO3)c1. The lowest BCUT2D eigenvalue weighted by Crippen LogP contribution is -2.25. The number of aromatic nitrogens is 2. The molecule has 1 aromatic heterocycles. The van der Waals surface area contributed by atoms with Gasteiger partial charge in [-0.25, -0.2) is 4.98 Å². The Balaban J connectivity index is 1.54. The molecule has 0 fully saturated rings. The van der Waals surface area contributed by atoms with Gasteiger partial charge in [-0.1, -0.05) is 17.8 Å². The molecule has 1 amide bonds. The summed E-state index contributed by atoms with van der Waals surface area (Å²) in [7, 11) is 1.62. The Morgan fingerprint density at radius 1 is 1.31 bits per heavy atom. The van der Waals surface area contributed by atoms with E-state index < -0.39 is 0 Å². The Bertz CT molecular complexity index is 1080. The lowest BCUT2D eigenvalue weighted by Gasteiger charge is -2.19. The van der Waals surface area contributed by atoms with Crippen LogP contribution in [-0.2, 0) is 4.79 Å². The number of hydrogen-bond acceptors (Lipinski definition) is 6. The predicted molar refractivity (Wildman–Crippen MR) is 110 cm³/mol. The highest BCUT2D eigenvalue weighted by Gasteiger charge is 2.22. The number of hydrogen-bond donors (Lipinski definition) is 1. The minimum Gasteiger partial charge on any atom is -0.497 e. The number of fused-ring (bicyclic) bond motifs is 1. The number of nitrogens with one attached hydrogen (secondary N) is 1. The highest BCUT2D eigenvalue weighted by atomic mass is 32.2. The van der Waals surface area contributed by atoms with E-state index in [0.29, 0.717) is 22.2 Å². The van der Waals surface area contributed by atoms with E-state index in [0.717, 1.165) is 11.4 Å². The second-order valence-corrected chi connectivity index (χ2v) is 7.76. The number of amides is 1. The van der Waals surface area contributed by atoms with Crippen molar-refractivity contribution in [3.63, 3.8) is 0 Å². The van der Waals surface area contributed by atoms with Gasteiger partial charge in [-0.2, -0.15) is 0 Å². The van der Waals surface area contributed by atoms with Crippen molar-refractivity contribution < 1.29 is 19.1 Å². The number of nitrogens with zero attached hydrogens (tertiary/aromatic N) is 2. The number of rotatable bonds is 6. The third-order valence-corrected chi connectivity index (χ3v) is 5.57. The van der Waals surface area contributed by atoms with E-state index in [2.05, 4.69) is 10.3 Å². The van der Waals surface area contributed by atoms with Gasteiger partial charge in [-0.15, -0.1) is 0 Å². The number of carbonyl (C=O) groups excluding carboxylic acids is 2. The summed E-state index contributed by atoms with van der Waals surface area (Å²) in [5, 5.41) is 3.06. The van der Waals surface area contributed by atoms with Crippen molar-refractivity contribution >= 4 is 29.1 Å². The molecule has 148 valence electrons. The first-order valence-electron chi connectivity index (χ1n) is 9.00. The summed E-state index contributed by atoms with van der Waals surface area (Å²) < 4.78 is 12.6. The molecule has 8 heteroatoms. The van der Waals surface area contributed by atoms with Gasteiger partial charge in [-0.3, -0.25) is 14.2 Å². The number of ether oxygens (including phenoxy) is 2. The average molecular weight is 409 g/mol. The fourth-order valence-electron chi connectivity index (χ4n) is 3.02. The Morgan fingerprint density at radius 3 is 3.00 bits per heavy atom. The van der Waals surface area contributed by atoms with E-state index in [9.17, 15) is 9.59 Å². The van der Waals surface area contributed by atoms with Gasteiger partial charge in [0.15, 0.2) is 17.5 Å². The van der Waals surface area contributed by atoms with Crippen molar-refractivity contribution in [3.05, 3.63) is 60.4 Å². The van der Waals surface area contributed by atoms with Crippen molar-refractivity contribution in [3.8, 4) is 17.2 Å². The molecule has 0 radical (unpaired) electrons. The predicted octanol–water partition coefficient (Wildman–Crippen LogP) is 3.58. The third kappa shape index (κ3) is 3.97. The molecular formula is C21H19N3O4S. The molecular weight excluding hydrogens is 390 g/mol. The number of anilines is 1. The number of benzene rings is 2. The summed E-state index contributed by atoms with van der Waals surface area (Å²) in [5.74, 6) is 1.02. The number of thioether (sulfide) groups is 1. The monoisotopic (exact) mass is 409 g/mol. The normalized spacial score (nSPS) is 13.8. The van der Waals surface area contributed by atoms with Crippen molar-refractivity contribution in [1.29, 1.82) is 0 Å². The van der Waals surface area contributed by atoms with E-state index in [4.69, 9.17) is 9.47 Å². The molecule has 2 aromatic carbocycles. The number of ketones is 1. The summed E-state index contributed by atoms with van der Waals surface area (Å²) in [6.07, 6.45) is 3.55. The van der Waals surface area contributed by atoms with Crippen LogP contribution in [0.3, 0.4) is 0 Å². The summed E-state index contributed by atoms with van der Waals surface area (Å²) in [6.45, 7) is 1.83. The molecule has 0 saturated heterocycles. The lowest BCUT2D eigenvalue weighted by atomic mass is 10.1. The molecule has 2 heterocycles. The number of methoxy groups -OCH3 is 1. The van der Waals surface area contributed by atoms with Gasteiger partial charge in [-0.05, 0) is 37.3 Å². The van der Waals surface area contributed by atoms with Gasteiger partial charge < -0.3 is 14.8 Å². The van der Waals surface area contributed by atoms with Crippen LogP contribution >= 0.6 is 11.8 Å². The van der Waals surface area contributed by atoms with Crippen LogP contribution in [0.4, 0.5) is 5.69 Å². The molecule has 1 aliphatic heterocycles. The largest absolute Gasteiger partial charge is 0.497 e. The highest BCUT2D eigenvalue weighted by Crippen LogP contribution is 2.32. The summed E-state index contributed by atoms with van der Waals surface area (Å²) in [5.41, 5.74) is 1.92. The topological polar surface area (TPSA) is 82.5 Å². The lowest BCUT2D eigenvalue weighted by molar-refractivity contribution is -0.118. The standard InChI is InChI=1S/C21H19N3O4S/c1-13(20(26)14-6-7-18-17(10-14)23-19(25)12-28-18)29-21-22-8-9-24(21)15-4-3-5-16(11-15)27-2/h3-11,13H,12H2,1-2H3,(H,23,25). The zero-order chi connectivity index (χ0) is 20.4. The molecule has 0 spiro atoms. The van der Waals surface area contributed by atoms with E-state index in [1.54, 1.807) is 31.5 Å². The van der Waals surface area contributed by atoms with Gasteiger partial charge in [0.2, 0.25) is 0 Å². The van der Waals surface area contributed by atoms with Crippen LogP contribution in [-0.4, -0.2) is 40.2 Å². The molecule has 0 aliphatic carbocycles. The number of imidazole rings is 1. The Morgan fingerprint density at radius 2 is 2.17 bits per heavy atom. The first kappa shape index (κ1) is 19.1. The molecule has 4 rings (SSSR count). The second kappa shape index (κ2) is 8.00. The molecule has 1 aliphatic rings. The minimum absolute atomic E-state index is 0.0144. The van der Waals surface area contributed by atoms with Crippen LogP contribution in [0.15, 0.2) is 60.0 Å². The highest BCUT2D eigenvalue weighted by molar-refractivity contribution is 8.00. The van der Waals surface area contributed by atoms with Crippen LogP contribution in [0.1, 0.15) is 17.3 Å². The first-order valence-corrected chi connectivity index (χ1v) is 9.88. The zero-order valence-corrected chi connectivity index (χ0v) is 16.7. The molecule has 1 atom stereocenters. The zero-order valence-electron chi connectivity index (χ0n) is 15.9. The van der Waals surface area contributed by atoms with E-state index >= 15 is 0 Å². The Labute approximate surface area is 172 Å². The van der Waals surface area contributed by atoms with Gasteiger partial charge in [0, 0.05) is 24.0 Å². The molecule has 7 nitrogen and oxygen atoms in total. The molecule has 3 aromatic rings. The van der Waals surface area contributed by atoms with Crippen molar-refractivity contribution in [2.75, 3.05) is 19.0 Å².